The van der Waals surface area contributed by atoms with Gasteiger partial charge in [-0.1, -0.05) is 30.3 Å². The third-order valence-electron chi connectivity index (χ3n) is 4.62. The van der Waals surface area contributed by atoms with Crippen LogP contribution in [0.25, 0.3) is 0 Å². The molecular weight excluding hydrogens is 300 g/mol. The molecule has 0 aromatic heterocycles. The van der Waals surface area contributed by atoms with Crippen molar-refractivity contribution in [3.8, 4) is 5.75 Å². The number of ether oxygens (including phenoxy) is 1. The highest BCUT2D eigenvalue weighted by Gasteiger charge is 2.24. The molecule has 2 aromatic rings. The van der Waals surface area contributed by atoms with Crippen LogP contribution >= 0.6 is 0 Å². The van der Waals surface area contributed by atoms with Crippen LogP contribution < -0.4 is 10.1 Å². The Labute approximate surface area is 143 Å². The fourth-order valence-electron chi connectivity index (χ4n) is 3.42. The number of carbonyl (C=O) groups excluding carboxylic acids is 1. The first-order valence-corrected chi connectivity index (χ1v) is 8.39. The average molecular weight is 324 g/mol. The first-order valence-electron chi connectivity index (χ1n) is 8.39. The quantitative estimate of drug-likeness (QED) is 0.913. The van der Waals surface area contributed by atoms with Gasteiger partial charge in [-0.05, 0) is 49.6 Å². The van der Waals surface area contributed by atoms with E-state index < -0.39 is 0 Å². The molecule has 0 unspecified atom stereocenters. The molecule has 0 saturated carbocycles. The van der Waals surface area contributed by atoms with Crippen LogP contribution in [-0.4, -0.2) is 31.5 Å². The second kappa shape index (κ2) is 7.49. The molecule has 0 radical (unpaired) electrons. The van der Waals surface area contributed by atoms with Gasteiger partial charge >= 0.3 is 0 Å². The van der Waals surface area contributed by atoms with Gasteiger partial charge in [0.2, 0.25) is 5.91 Å². The highest BCUT2D eigenvalue weighted by Crippen LogP contribution is 2.33. The summed E-state index contributed by atoms with van der Waals surface area (Å²) in [6.45, 7) is 0.371. The van der Waals surface area contributed by atoms with Gasteiger partial charge in [0.15, 0.2) is 0 Å². The van der Waals surface area contributed by atoms with Gasteiger partial charge in [0.05, 0.1) is 13.7 Å². The lowest BCUT2D eigenvalue weighted by Crippen LogP contribution is -2.34. The van der Waals surface area contributed by atoms with Crippen LogP contribution in [0.15, 0.2) is 48.5 Å². The van der Waals surface area contributed by atoms with Crippen molar-refractivity contribution >= 4 is 11.6 Å². The lowest BCUT2D eigenvalue weighted by molar-refractivity contribution is -0.117. The van der Waals surface area contributed by atoms with Crippen molar-refractivity contribution < 1.29 is 9.53 Å². The molecule has 1 atom stereocenters. The van der Waals surface area contributed by atoms with Crippen LogP contribution in [0.4, 0.5) is 5.69 Å². The summed E-state index contributed by atoms with van der Waals surface area (Å²) in [4.78, 5) is 14.5. The number of hydrogen-bond donors (Lipinski definition) is 1. The van der Waals surface area contributed by atoms with Crippen molar-refractivity contribution in [2.24, 2.45) is 0 Å². The van der Waals surface area contributed by atoms with E-state index >= 15 is 0 Å². The zero-order valence-corrected chi connectivity index (χ0v) is 14.3. The van der Waals surface area contributed by atoms with E-state index in [4.69, 9.17) is 4.74 Å². The van der Waals surface area contributed by atoms with Gasteiger partial charge in [0, 0.05) is 17.8 Å². The first-order chi connectivity index (χ1) is 11.7. The second-order valence-electron chi connectivity index (χ2n) is 6.30. The van der Waals surface area contributed by atoms with Crippen molar-refractivity contribution in [1.82, 2.24) is 4.90 Å². The number of nitrogens with zero attached hydrogens (tertiary/aromatic N) is 1. The topological polar surface area (TPSA) is 41.6 Å². The number of anilines is 1. The van der Waals surface area contributed by atoms with E-state index in [-0.39, 0.29) is 5.91 Å². The predicted octanol–water partition coefficient (Wildman–Crippen LogP) is 3.64. The van der Waals surface area contributed by atoms with Crippen LogP contribution in [0.5, 0.6) is 5.75 Å². The van der Waals surface area contributed by atoms with E-state index in [1.165, 1.54) is 17.5 Å². The Morgan fingerprint density at radius 1 is 1.25 bits per heavy atom. The number of carbonyl (C=O) groups is 1. The number of likely N-dealkylation sites (N-methyl/N-ethyl adjacent to an activating group) is 1. The number of benzene rings is 2. The molecule has 0 saturated heterocycles. The largest absolute Gasteiger partial charge is 0.497 e. The first kappa shape index (κ1) is 16.5. The van der Waals surface area contributed by atoms with Gasteiger partial charge < -0.3 is 10.1 Å². The molecule has 24 heavy (non-hydrogen) atoms. The molecule has 1 N–H and O–H groups in total. The van der Waals surface area contributed by atoms with Crippen molar-refractivity contribution in [3.63, 3.8) is 0 Å². The second-order valence-corrected chi connectivity index (χ2v) is 6.30. The van der Waals surface area contributed by atoms with E-state index in [1.807, 2.05) is 31.3 Å². The molecule has 126 valence electrons. The van der Waals surface area contributed by atoms with Gasteiger partial charge in [0.25, 0.3) is 0 Å². The van der Waals surface area contributed by atoms with E-state index in [2.05, 4.69) is 34.5 Å². The summed E-state index contributed by atoms with van der Waals surface area (Å²) < 4.78 is 5.19. The van der Waals surface area contributed by atoms with Gasteiger partial charge in [-0.15, -0.1) is 0 Å². The molecule has 0 spiro atoms. The zero-order chi connectivity index (χ0) is 16.9. The molecule has 2 aromatic carbocycles. The Morgan fingerprint density at radius 2 is 2.08 bits per heavy atom. The molecule has 1 aliphatic carbocycles. The minimum absolute atomic E-state index is 0.00573. The molecule has 0 heterocycles. The highest BCUT2D eigenvalue weighted by molar-refractivity contribution is 5.92. The molecule has 4 nitrogen and oxygen atoms in total. The Hall–Kier alpha value is -2.33. The van der Waals surface area contributed by atoms with Crippen molar-refractivity contribution in [2.45, 2.75) is 25.3 Å². The van der Waals surface area contributed by atoms with E-state index in [9.17, 15) is 4.79 Å². The average Bonchev–Trinajstić information content (AvgIpc) is 2.61. The maximum Gasteiger partial charge on any atom is 0.238 e. The molecule has 1 aliphatic rings. The lowest BCUT2D eigenvalue weighted by atomic mass is 9.87. The molecular formula is C20H24N2O2. The van der Waals surface area contributed by atoms with Crippen molar-refractivity contribution in [2.75, 3.05) is 26.0 Å². The molecule has 3 rings (SSSR count). The third kappa shape index (κ3) is 3.77. The number of fused-ring (bicyclic) bond motifs is 1. The SMILES string of the molecule is COc1cccc(NC(=O)CN(C)[C@@H]2CCCc3ccccc32)c1. The molecule has 4 heteroatoms. The van der Waals surface area contributed by atoms with Gasteiger partial charge in [-0.2, -0.15) is 0 Å². The van der Waals surface area contributed by atoms with Gasteiger partial charge in [0.1, 0.15) is 5.75 Å². The Morgan fingerprint density at radius 3 is 2.92 bits per heavy atom. The number of methoxy groups -OCH3 is 1. The van der Waals surface area contributed by atoms with Crippen LogP contribution in [0.2, 0.25) is 0 Å². The van der Waals surface area contributed by atoms with Crippen molar-refractivity contribution in [1.29, 1.82) is 0 Å². The maximum absolute atomic E-state index is 12.4. The van der Waals surface area contributed by atoms with Crippen LogP contribution in [0.3, 0.4) is 0 Å². The highest BCUT2D eigenvalue weighted by atomic mass is 16.5. The van der Waals surface area contributed by atoms with E-state index in [1.54, 1.807) is 7.11 Å². The smallest absolute Gasteiger partial charge is 0.238 e. The van der Waals surface area contributed by atoms with Gasteiger partial charge in [-0.3, -0.25) is 9.69 Å². The standard InChI is InChI=1S/C20H24N2O2/c1-22(19-12-5-8-15-7-3-4-11-18(15)19)14-20(23)21-16-9-6-10-17(13-16)24-2/h3-4,6-7,9-11,13,19H,5,8,12,14H2,1-2H3,(H,21,23)/t19-/m1/s1. The Bertz CT molecular complexity index is 714. The summed E-state index contributed by atoms with van der Waals surface area (Å²) in [5, 5.41) is 2.95. The van der Waals surface area contributed by atoms with Crippen LogP contribution in [0.1, 0.15) is 30.0 Å². The number of hydrogen-bond acceptors (Lipinski definition) is 3. The minimum Gasteiger partial charge on any atom is -0.497 e. The molecule has 1 amide bonds. The molecule has 0 aliphatic heterocycles. The number of nitrogens with one attached hydrogen (secondary N) is 1. The van der Waals surface area contributed by atoms with Crippen LogP contribution in [-0.2, 0) is 11.2 Å². The summed E-state index contributed by atoms with van der Waals surface area (Å²) in [5.74, 6) is 0.733. The summed E-state index contributed by atoms with van der Waals surface area (Å²) in [5.41, 5.74) is 3.53. The minimum atomic E-state index is -0.00573. The summed E-state index contributed by atoms with van der Waals surface area (Å²) in [6, 6.07) is 16.3. The van der Waals surface area contributed by atoms with Crippen LogP contribution in [0, 0.1) is 0 Å². The zero-order valence-electron chi connectivity index (χ0n) is 14.3. The maximum atomic E-state index is 12.4. The normalized spacial score (nSPS) is 16.5. The summed E-state index contributed by atoms with van der Waals surface area (Å²) >= 11 is 0. The Balaban J connectivity index is 1.64. The third-order valence-corrected chi connectivity index (χ3v) is 4.62. The number of amides is 1. The summed E-state index contributed by atoms with van der Waals surface area (Å²) in [7, 11) is 3.65. The number of rotatable bonds is 5. The number of aryl methyl sites for hydroxylation is 1. The van der Waals surface area contributed by atoms with E-state index in [0.717, 1.165) is 24.3 Å². The van der Waals surface area contributed by atoms with Crippen molar-refractivity contribution in [3.05, 3.63) is 59.7 Å². The fraction of sp³-hybridized carbons (Fsp3) is 0.350. The predicted molar refractivity (Wildman–Crippen MR) is 96.4 cm³/mol. The summed E-state index contributed by atoms with van der Waals surface area (Å²) in [6.07, 6.45) is 3.40. The molecule has 0 fully saturated rings. The Kier molecular flexibility index (Phi) is 5.16. The monoisotopic (exact) mass is 324 g/mol. The molecule has 0 bridgehead atoms. The fourth-order valence-corrected chi connectivity index (χ4v) is 3.42. The lowest BCUT2D eigenvalue weighted by Gasteiger charge is -2.32. The van der Waals surface area contributed by atoms with Gasteiger partial charge in [-0.25, -0.2) is 0 Å². The van der Waals surface area contributed by atoms with E-state index in [0.29, 0.717) is 12.6 Å².